The fourth-order valence-electron chi connectivity index (χ4n) is 2.15. The number of ether oxygens (including phenoxy) is 1. The summed E-state index contributed by atoms with van der Waals surface area (Å²) in [6.07, 6.45) is 0. The first-order valence-electron chi connectivity index (χ1n) is 8.17. The molecule has 1 aromatic heterocycles. The zero-order valence-corrected chi connectivity index (χ0v) is 15.0. The maximum Gasteiger partial charge on any atom is 0.338 e. The van der Waals surface area contributed by atoms with Gasteiger partial charge in [-0.2, -0.15) is 0 Å². The molecule has 2 rings (SSSR count). The number of aliphatic imine (C=N–C) groups is 1. The Labute approximate surface area is 147 Å². The molecule has 0 aliphatic heterocycles. The number of carbonyl (C=O) groups is 1. The predicted molar refractivity (Wildman–Crippen MR) is 95.4 cm³/mol. The maximum atomic E-state index is 11.6. The molecule has 0 aliphatic carbocycles. The van der Waals surface area contributed by atoms with Crippen LogP contribution in [0.1, 0.15) is 40.2 Å². The van der Waals surface area contributed by atoms with Crippen molar-refractivity contribution in [1.82, 2.24) is 15.6 Å². The van der Waals surface area contributed by atoms with Crippen LogP contribution in [0.3, 0.4) is 0 Å². The van der Waals surface area contributed by atoms with Crippen LogP contribution in [-0.2, 0) is 17.8 Å². The van der Waals surface area contributed by atoms with Gasteiger partial charge < -0.3 is 19.8 Å². The molecular formula is C18H24N4O3. The van der Waals surface area contributed by atoms with Gasteiger partial charge in [0, 0.05) is 13.6 Å². The molecule has 0 saturated carbocycles. The number of esters is 1. The van der Waals surface area contributed by atoms with Crippen LogP contribution in [0.25, 0.3) is 0 Å². The fraction of sp³-hybridized carbons (Fsp3) is 0.389. The number of hydrogen-bond acceptors (Lipinski definition) is 5. The Balaban J connectivity index is 1.84. The molecule has 7 nitrogen and oxygen atoms in total. The monoisotopic (exact) mass is 344 g/mol. The van der Waals surface area contributed by atoms with E-state index < -0.39 is 0 Å². The van der Waals surface area contributed by atoms with E-state index in [4.69, 9.17) is 9.15 Å². The minimum absolute atomic E-state index is 0.309. The van der Waals surface area contributed by atoms with Crippen LogP contribution in [-0.4, -0.2) is 30.6 Å². The van der Waals surface area contributed by atoms with Crippen molar-refractivity contribution in [3.8, 4) is 0 Å². The molecule has 1 aromatic carbocycles. The quantitative estimate of drug-likeness (QED) is 0.475. The second-order valence-electron chi connectivity index (χ2n) is 5.45. The third kappa shape index (κ3) is 5.34. The first-order chi connectivity index (χ1) is 12.0. The number of rotatable bonds is 6. The Morgan fingerprint density at radius 2 is 1.88 bits per heavy atom. The number of guanidine groups is 1. The number of oxazole rings is 1. The Hall–Kier alpha value is -2.83. The molecule has 2 aromatic rings. The largest absolute Gasteiger partial charge is 0.462 e. The van der Waals surface area contributed by atoms with E-state index in [-0.39, 0.29) is 5.97 Å². The average molecular weight is 344 g/mol. The summed E-state index contributed by atoms with van der Waals surface area (Å²) < 4.78 is 10.5. The number of carbonyl (C=O) groups excluding carboxylic acids is 1. The second kappa shape index (κ2) is 8.86. The SMILES string of the molecule is CCOC(=O)c1ccc(CNC(=NC)NCc2nc(C)c(C)o2)cc1. The third-order valence-electron chi connectivity index (χ3n) is 3.63. The molecule has 0 radical (unpaired) electrons. The van der Waals surface area contributed by atoms with Crippen LogP contribution in [0.2, 0.25) is 0 Å². The smallest absolute Gasteiger partial charge is 0.338 e. The molecular weight excluding hydrogens is 320 g/mol. The van der Waals surface area contributed by atoms with Gasteiger partial charge in [-0.05, 0) is 38.5 Å². The van der Waals surface area contributed by atoms with E-state index in [1.807, 2.05) is 26.0 Å². The van der Waals surface area contributed by atoms with E-state index in [0.717, 1.165) is 17.0 Å². The lowest BCUT2D eigenvalue weighted by Crippen LogP contribution is -2.36. The minimum atomic E-state index is -0.309. The number of aromatic nitrogens is 1. The van der Waals surface area contributed by atoms with Crippen molar-refractivity contribution in [2.75, 3.05) is 13.7 Å². The van der Waals surface area contributed by atoms with Crippen LogP contribution in [0.5, 0.6) is 0 Å². The lowest BCUT2D eigenvalue weighted by molar-refractivity contribution is 0.0526. The van der Waals surface area contributed by atoms with E-state index in [1.165, 1.54) is 0 Å². The summed E-state index contributed by atoms with van der Waals surface area (Å²) in [7, 11) is 1.70. The molecule has 0 unspecified atom stereocenters. The van der Waals surface area contributed by atoms with E-state index in [2.05, 4.69) is 20.6 Å². The van der Waals surface area contributed by atoms with Crippen LogP contribution >= 0.6 is 0 Å². The van der Waals surface area contributed by atoms with Crippen molar-refractivity contribution >= 4 is 11.9 Å². The van der Waals surface area contributed by atoms with Gasteiger partial charge in [-0.15, -0.1) is 0 Å². The molecule has 0 fully saturated rings. The summed E-state index contributed by atoms with van der Waals surface area (Å²) in [6, 6.07) is 7.27. The highest BCUT2D eigenvalue weighted by molar-refractivity contribution is 5.89. The molecule has 134 valence electrons. The first-order valence-corrected chi connectivity index (χ1v) is 8.17. The van der Waals surface area contributed by atoms with E-state index in [9.17, 15) is 4.79 Å². The van der Waals surface area contributed by atoms with Crippen LogP contribution in [0, 0.1) is 13.8 Å². The van der Waals surface area contributed by atoms with E-state index >= 15 is 0 Å². The van der Waals surface area contributed by atoms with Crippen molar-refractivity contribution < 1.29 is 13.9 Å². The van der Waals surface area contributed by atoms with Gasteiger partial charge in [-0.3, -0.25) is 4.99 Å². The van der Waals surface area contributed by atoms with E-state index in [0.29, 0.717) is 37.1 Å². The molecule has 0 amide bonds. The summed E-state index contributed by atoms with van der Waals surface area (Å²) >= 11 is 0. The summed E-state index contributed by atoms with van der Waals surface area (Å²) in [4.78, 5) is 20.1. The lowest BCUT2D eigenvalue weighted by atomic mass is 10.1. The van der Waals surface area contributed by atoms with Crippen LogP contribution in [0.4, 0.5) is 0 Å². The van der Waals surface area contributed by atoms with Gasteiger partial charge in [0.2, 0.25) is 5.89 Å². The lowest BCUT2D eigenvalue weighted by Gasteiger charge is -2.11. The Morgan fingerprint density at radius 3 is 2.44 bits per heavy atom. The molecule has 0 aliphatic rings. The van der Waals surface area contributed by atoms with Gasteiger partial charge in [0.05, 0.1) is 24.4 Å². The van der Waals surface area contributed by atoms with Crippen molar-refractivity contribution in [2.24, 2.45) is 4.99 Å². The van der Waals surface area contributed by atoms with Gasteiger partial charge in [0.15, 0.2) is 5.96 Å². The molecule has 2 N–H and O–H groups in total. The topological polar surface area (TPSA) is 88.8 Å². The summed E-state index contributed by atoms with van der Waals surface area (Å²) in [6.45, 7) is 6.99. The van der Waals surface area contributed by atoms with Crippen molar-refractivity contribution in [3.63, 3.8) is 0 Å². The predicted octanol–water partition coefficient (Wildman–Crippen LogP) is 2.33. The number of nitrogens with one attached hydrogen (secondary N) is 2. The summed E-state index contributed by atoms with van der Waals surface area (Å²) in [5, 5.41) is 6.36. The molecule has 0 spiro atoms. The summed E-state index contributed by atoms with van der Waals surface area (Å²) in [5.74, 6) is 1.78. The molecule has 1 heterocycles. The zero-order valence-electron chi connectivity index (χ0n) is 15.0. The van der Waals surface area contributed by atoms with Crippen LogP contribution < -0.4 is 10.6 Å². The molecule has 7 heteroatoms. The number of aryl methyl sites for hydroxylation is 2. The van der Waals surface area contributed by atoms with Gasteiger partial charge >= 0.3 is 5.97 Å². The van der Waals surface area contributed by atoms with Gasteiger partial charge in [-0.25, -0.2) is 9.78 Å². The second-order valence-corrected chi connectivity index (χ2v) is 5.45. The Kier molecular flexibility index (Phi) is 6.56. The molecule has 0 atom stereocenters. The molecule has 0 saturated heterocycles. The number of hydrogen-bond donors (Lipinski definition) is 2. The highest BCUT2D eigenvalue weighted by Gasteiger charge is 2.07. The van der Waals surface area contributed by atoms with Gasteiger partial charge in [-0.1, -0.05) is 12.1 Å². The zero-order chi connectivity index (χ0) is 18.2. The highest BCUT2D eigenvalue weighted by atomic mass is 16.5. The third-order valence-corrected chi connectivity index (χ3v) is 3.63. The summed E-state index contributed by atoms with van der Waals surface area (Å²) in [5.41, 5.74) is 2.46. The Morgan fingerprint density at radius 1 is 1.20 bits per heavy atom. The van der Waals surface area contributed by atoms with Crippen molar-refractivity contribution in [1.29, 1.82) is 0 Å². The van der Waals surface area contributed by atoms with Crippen molar-refractivity contribution in [2.45, 2.75) is 33.9 Å². The fourth-order valence-corrected chi connectivity index (χ4v) is 2.15. The Bertz CT molecular complexity index is 716. The number of benzene rings is 1. The van der Waals surface area contributed by atoms with Crippen LogP contribution in [0.15, 0.2) is 33.7 Å². The van der Waals surface area contributed by atoms with Gasteiger partial charge in [0.25, 0.3) is 0 Å². The normalized spacial score (nSPS) is 11.3. The first kappa shape index (κ1) is 18.5. The molecule has 0 bridgehead atoms. The molecule has 25 heavy (non-hydrogen) atoms. The highest BCUT2D eigenvalue weighted by Crippen LogP contribution is 2.08. The van der Waals surface area contributed by atoms with Gasteiger partial charge in [0.1, 0.15) is 5.76 Å². The van der Waals surface area contributed by atoms with Crippen molar-refractivity contribution in [3.05, 3.63) is 52.7 Å². The standard InChI is InChI=1S/C18H24N4O3/c1-5-24-17(23)15-8-6-14(7-9-15)10-20-18(19-4)21-11-16-22-12(2)13(3)25-16/h6-9H,5,10-11H2,1-4H3,(H2,19,20,21). The van der Waals surface area contributed by atoms with E-state index in [1.54, 1.807) is 26.1 Å². The number of nitrogens with zero attached hydrogens (tertiary/aromatic N) is 2. The maximum absolute atomic E-state index is 11.6. The average Bonchev–Trinajstić information content (AvgIpc) is 2.93. The minimum Gasteiger partial charge on any atom is -0.462 e.